The molecule has 0 spiro atoms. The number of ether oxygens (including phenoxy) is 1. The van der Waals surface area contributed by atoms with E-state index in [4.69, 9.17) is 4.74 Å². The summed E-state index contributed by atoms with van der Waals surface area (Å²) in [5.74, 6) is 0.0726. The molecule has 0 heterocycles. The van der Waals surface area contributed by atoms with E-state index in [1.54, 1.807) is 7.11 Å². The largest absolute Gasteiger partial charge is 0.385 e. The van der Waals surface area contributed by atoms with Gasteiger partial charge in [0.15, 0.2) is 0 Å². The quantitative estimate of drug-likeness (QED) is 0.544. The molecule has 0 bridgehead atoms. The molecular weight excluding hydrogens is 216 g/mol. The van der Waals surface area contributed by atoms with Gasteiger partial charge in [-0.15, -0.1) is 0 Å². The zero-order valence-corrected chi connectivity index (χ0v) is 11.6. The first-order valence-corrected chi connectivity index (χ1v) is 6.69. The van der Waals surface area contributed by atoms with E-state index in [9.17, 15) is 4.79 Å². The Morgan fingerprint density at radius 3 is 2.71 bits per heavy atom. The second-order valence-corrected chi connectivity index (χ2v) is 4.47. The number of hydrogen-bond acceptors (Lipinski definition) is 3. The SMILES string of the molecule is CCCCCC(C)NCC(=O)NCCCOC. The highest BCUT2D eigenvalue weighted by atomic mass is 16.5. The molecule has 0 aliphatic heterocycles. The van der Waals surface area contributed by atoms with Gasteiger partial charge in [-0.05, 0) is 19.8 Å². The lowest BCUT2D eigenvalue weighted by molar-refractivity contribution is -0.120. The Morgan fingerprint density at radius 2 is 2.06 bits per heavy atom. The lowest BCUT2D eigenvalue weighted by Crippen LogP contribution is -2.38. The van der Waals surface area contributed by atoms with E-state index in [1.165, 1.54) is 19.3 Å². The summed E-state index contributed by atoms with van der Waals surface area (Å²) in [6.07, 6.45) is 5.77. The van der Waals surface area contributed by atoms with Gasteiger partial charge in [-0.3, -0.25) is 4.79 Å². The van der Waals surface area contributed by atoms with Crippen LogP contribution in [0.25, 0.3) is 0 Å². The van der Waals surface area contributed by atoms with Gasteiger partial charge in [0, 0.05) is 26.3 Å². The number of carbonyl (C=O) groups excluding carboxylic acids is 1. The molecule has 1 atom stereocenters. The van der Waals surface area contributed by atoms with Gasteiger partial charge in [0.25, 0.3) is 0 Å². The van der Waals surface area contributed by atoms with Crippen LogP contribution in [0.15, 0.2) is 0 Å². The molecule has 1 unspecified atom stereocenters. The fraction of sp³-hybridized carbons (Fsp3) is 0.923. The number of unbranched alkanes of at least 4 members (excludes halogenated alkanes) is 2. The van der Waals surface area contributed by atoms with Crippen molar-refractivity contribution in [3.05, 3.63) is 0 Å². The number of carbonyl (C=O) groups is 1. The highest BCUT2D eigenvalue weighted by Crippen LogP contribution is 2.02. The maximum Gasteiger partial charge on any atom is 0.233 e. The molecule has 1 amide bonds. The van der Waals surface area contributed by atoms with E-state index < -0.39 is 0 Å². The molecule has 0 aliphatic rings. The minimum Gasteiger partial charge on any atom is -0.385 e. The van der Waals surface area contributed by atoms with Gasteiger partial charge in [-0.2, -0.15) is 0 Å². The fourth-order valence-electron chi connectivity index (χ4n) is 1.58. The standard InChI is InChI=1S/C13H28N2O2/c1-4-5-6-8-12(2)15-11-13(16)14-9-7-10-17-3/h12,15H,4-11H2,1-3H3,(H,14,16). The summed E-state index contributed by atoms with van der Waals surface area (Å²) >= 11 is 0. The Labute approximate surface area is 105 Å². The van der Waals surface area contributed by atoms with Crippen LogP contribution in [-0.4, -0.2) is 38.8 Å². The van der Waals surface area contributed by atoms with Crippen LogP contribution >= 0.6 is 0 Å². The summed E-state index contributed by atoms with van der Waals surface area (Å²) in [6, 6.07) is 0.422. The maximum atomic E-state index is 11.4. The monoisotopic (exact) mass is 244 g/mol. The van der Waals surface area contributed by atoms with Crippen LogP contribution in [0.1, 0.15) is 46.0 Å². The lowest BCUT2D eigenvalue weighted by atomic mass is 10.1. The van der Waals surface area contributed by atoms with Crippen molar-refractivity contribution in [2.24, 2.45) is 0 Å². The topological polar surface area (TPSA) is 50.4 Å². The summed E-state index contributed by atoms with van der Waals surface area (Å²) in [6.45, 7) is 6.14. The van der Waals surface area contributed by atoms with Crippen LogP contribution in [0.2, 0.25) is 0 Å². The second kappa shape index (κ2) is 11.9. The van der Waals surface area contributed by atoms with Gasteiger partial charge in [0.2, 0.25) is 5.91 Å². The summed E-state index contributed by atoms with van der Waals surface area (Å²) in [5, 5.41) is 6.10. The predicted octanol–water partition coefficient (Wildman–Crippen LogP) is 1.70. The van der Waals surface area contributed by atoms with Crippen molar-refractivity contribution in [1.82, 2.24) is 10.6 Å². The van der Waals surface area contributed by atoms with Gasteiger partial charge in [0.05, 0.1) is 6.54 Å². The van der Waals surface area contributed by atoms with E-state index in [2.05, 4.69) is 24.5 Å². The average Bonchev–Trinajstić information content (AvgIpc) is 2.32. The average molecular weight is 244 g/mol. The molecule has 0 aromatic rings. The number of nitrogens with one attached hydrogen (secondary N) is 2. The van der Waals surface area contributed by atoms with E-state index in [0.29, 0.717) is 25.7 Å². The van der Waals surface area contributed by atoms with Gasteiger partial charge >= 0.3 is 0 Å². The minimum absolute atomic E-state index is 0.0726. The van der Waals surface area contributed by atoms with Crippen molar-refractivity contribution in [2.45, 2.75) is 52.0 Å². The molecule has 0 fully saturated rings. The van der Waals surface area contributed by atoms with E-state index >= 15 is 0 Å². The smallest absolute Gasteiger partial charge is 0.233 e. The van der Waals surface area contributed by atoms with E-state index in [0.717, 1.165) is 12.8 Å². The second-order valence-electron chi connectivity index (χ2n) is 4.47. The van der Waals surface area contributed by atoms with Gasteiger partial charge in [-0.1, -0.05) is 26.2 Å². The number of methoxy groups -OCH3 is 1. The van der Waals surface area contributed by atoms with Crippen LogP contribution in [-0.2, 0) is 9.53 Å². The predicted molar refractivity (Wildman–Crippen MR) is 71.1 cm³/mol. The van der Waals surface area contributed by atoms with Crippen LogP contribution < -0.4 is 10.6 Å². The van der Waals surface area contributed by atoms with Crippen LogP contribution in [0, 0.1) is 0 Å². The molecule has 17 heavy (non-hydrogen) atoms. The third kappa shape index (κ3) is 11.6. The van der Waals surface area contributed by atoms with Gasteiger partial charge in [-0.25, -0.2) is 0 Å². The Kier molecular flexibility index (Phi) is 11.4. The Balaban J connectivity index is 3.36. The van der Waals surface area contributed by atoms with Crippen molar-refractivity contribution in [3.63, 3.8) is 0 Å². The summed E-state index contributed by atoms with van der Waals surface area (Å²) in [7, 11) is 1.67. The highest BCUT2D eigenvalue weighted by Gasteiger charge is 2.04. The first-order valence-electron chi connectivity index (χ1n) is 6.69. The normalized spacial score (nSPS) is 12.4. The van der Waals surface area contributed by atoms with Crippen molar-refractivity contribution in [2.75, 3.05) is 26.8 Å². The van der Waals surface area contributed by atoms with Crippen LogP contribution in [0.3, 0.4) is 0 Å². The molecule has 0 saturated heterocycles. The molecule has 4 heteroatoms. The van der Waals surface area contributed by atoms with Crippen LogP contribution in [0.5, 0.6) is 0 Å². The summed E-state index contributed by atoms with van der Waals surface area (Å²) in [5.41, 5.74) is 0. The van der Waals surface area contributed by atoms with E-state index in [1.807, 2.05) is 0 Å². The maximum absolute atomic E-state index is 11.4. The van der Waals surface area contributed by atoms with E-state index in [-0.39, 0.29) is 5.91 Å². The zero-order chi connectivity index (χ0) is 12.9. The number of hydrogen-bond donors (Lipinski definition) is 2. The van der Waals surface area contributed by atoms with Crippen molar-refractivity contribution < 1.29 is 9.53 Å². The molecule has 0 aromatic heterocycles. The van der Waals surface area contributed by atoms with Crippen molar-refractivity contribution >= 4 is 5.91 Å². The molecule has 0 saturated carbocycles. The van der Waals surface area contributed by atoms with Gasteiger partial charge in [0.1, 0.15) is 0 Å². The Morgan fingerprint density at radius 1 is 1.29 bits per heavy atom. The van der Waals surface area contributed by atoms with Crippen molar-refractivity contribution in [1.29, 1.82) is 0 Å². The molecular formula is C13H28N2O2. The molecule has 0 radical (unpaired) electrons. The first-order chi connectivity index (χ1) is 8.20. The first kappa shape index (κ1) is 16.4. The fourth-order valence-corrected chi connectivity index (χ4v) is 1.58. The highest BCUT2D eigenvalue weighted by molar-refractivity contribution is 5.77. The third-order valence-corrected chi connectivity index (χ3v) is 2.70. The Bertz CT molecular complexity index is 186. The Hall–Kier alpha value is -0.610. The molecule has 102 valence electrons. The number of rotatable bonds is 11. The molecule has 2 N–H and O–H groups in total. The minimum atomic E-state index is 0.0726. The van der Waals surface area contributed by atoms with Gasteiger partial charge < -0.3 is 15.4 Å². The summed E-state index contributed by atoms with van der Waals surface area (Å²) < 4.78 is 4.91. The third-order valence-electron chi connectivity index (χ3n) is 2.70. The summed E-state index contributed by atoms with van der Waals surface area (Å²) in [4.78, 5) is 11.4. The molecule has 0 aliphatic carbocycles. The molecule has 0 rings (SSSR count). The van der Waals surface area contributed by atoms with Crippen LogP contribution in [0.4, 0.5) is 0 Å². The zero-order valence-electron chi connectivity index (χ0n) is 11.6. The molecule has 0 aromatic carbocycles. The van der Waals surface area contributed by atoms with Crippen molar-refractivity contribution in [3.8, 4) is 0 Å². The lowest BCUT2D eigenvalue weighted by Gasteiger charge is -2.13. The molecule has 4 nitrogen and oxygen atoms in total. The number of amides is 1.